The van der Waals surface area contributed by atoms with Crippen LogP contribution in [0.4, 0.5) is 5.82 Å². The molecule has 2 aromatic rings. The van der Waals surface area contributed by atoms with Gasteiger partial charge in [-0.1, -0.05) is 12.1 Å². The molecule has 0 atom stereocenters. The smallest absolute Gasteiger partial charge is 0.243 e. The predicted molar refractivity (Wildman–Crippen MR) is 118 cm³/mol. The van der Waals surface area contributed by atoms with E-state index in [4.69, 9.17) is 0 Å². The van der Waals surface area contributed by atoms with E-state index in [0.29, 0.717) is 37.4 Å². The van der Waals surface area contributed by atoms with Gasteiger partial charge in [0.1, 0.15) is 5.82 Å². The molecule has 3 rings (SSSR count). The van der Waals surface area contributed by atoms with Crippen molar-refractivity contribution in [2.45, 2.75) is 38.1 Å². The summed E-state index contributed by atoms with van der Waals surface area (Å²) in [4.78, 5) is 19.1. The van der Waals surface area contributed by atoms with Gasteiger partial charge in [-0.05, 0) is 61.6 Å². The molecule has 7 nitrogen and oxygen atoms in total. The quantitative estimate of drug-likeness (QED) is 0.761. The number of carbonyl (C=O) groups excluding carboxylic acids is 1. The molecule has 1 amide bonds. The number of sulfonamides is 1. The maximum absolute atomic E-state index is 12.9. The van der Waals surface area contributed by atoms with Crippen molar-refractivity contribution in [3.8, 4) is 0 Å². The summed E-state index contributed by atoms with van der Waals surface area (Å²) in [5.41, 5.74) is 2.96. The highest BCUT2D eigenvalue weighted by molar-refractivity contribution is 7.89. The van der Waals surface area contributed by atoms with Crippen LogP contribution in [0.1, 0.15) is 29.5 Å². The van der Waals surface area contributed by atoms with Crippen molar-refractivity contribution in [3.63, 3.8) is 0 Å². The van der Waals surface area contributed by atoms with Crippen LogP contribution in [0.3, 0.4) is 0 Å². The molecule has 0 unspecified atom stereocenters. The van der Waals surface area contributed by atoms with Gasteiger partial charge < -0.3 is 10.2 Å². The van der Waals surface area contributed by atoms with E-state index >= 15 is 0 Å². The van der Waals surface area contributed by atoms with Crippen LogP contribution in [0.5, 0.6) is 0 Å². The molecule has 0 saturated carbocycles. The number of benzene rings is 1. The van der Waals surface area contributed by atoms with Gasteiger partial charge in [0.15, 0.2) is 0 Å². The molecule has 8 heteroatoms. The Hall–Kier alpha value is -2.45. The SMILES string of the molecule is Cc1ccc(S(=O)(=O)N2CCC(C(=O)NCc3ccc(N(C)C)nc3)CC2)cc1C. The topological polar surface area (TPSA) is 82.6 Å². The zero-order valence-corrected chi connectivity index (χ0v) is 18.9. The van der Waals surface area contributed by atoms with Crippen LogP contribution in [0, 0.1) is 19.8 Å². The summed E-state index contributed by atoms with van der Waals surface area (Å²) in [6.07, 6.45) is 2.80. The number of pyridine rings is 1. The average molecular weight is 431 g/mol. The summed E-state index contributed by atoms with van der Waals surface area (Å²) in [6.45, 7) is 5.00. The Morgan fingerprint density at radius 1 is 1.13 bits per heavy atom. The van der Waals surface area contributed by atoms with Crippen molar-refractivity contribution >= 4 is 21.7 Å². The van der Waals surface area contributed by atoms with Crippen LogP contribution >= 0.6 is 0 Å². The maximum Gasteiger partial charge on any atom is 0.243 e. The molecule has 1 aromatic carbocycles. The molecule has 162 valence electrons. The average Bonchev–Trinajstić information content (AvgIpc) is 2.74. The van der Waals surface area contributed by atoms with Crippen molar-refractivity contribution in [2.24, 2.45) is 5.92 Å². The number of aromatic nitrogens is 1. The van der Waals surface area contributed by atoms with Gasteiger partial charge in [-0.25, -0.2) is 13.4 Å². The molecule has 1 saturated heterocycles. The molecule has 1 aliphatic rings. The first kappa shape index (κ1) is 22.2. The van der Waals surface area contributed by atoms with Gasteiger partial charge in [0.05, 0.1) is 4.90 Å². The number of amides is 1. The van der Waals surface area contributed by atoms with Crippen LogP contribution in [0.2, 0.25) is 0 Å². The number of carbonyl (C=O) groups is 1. The first-order chi connectivity index (χ1) is 14.2. The number of rotatable bonds is 6. The Morgan fingerprint density at radius 3 is 2.40 bits per heavy atom. The number of hydrogen-bond donors (Lipinski definition) is 1. The van der Waals surface area contributed by atoms with Gasteiger partial charge in [0.25, 0.3) is 0 Å². The Balaban J connectivity index is 1.54. The summed E-state index contributed by atoms with van der Waals surface area (Å²) in [6, 6.07) is 9.08. The lowest BCUT2D eigenvalue weighted by Gasteiger charge is -2.30. The normalized spacial score (nSPS) is 15.7. The number of aryl methyl sites for hydroxylation is 2. The van der Waals surface area contributed by atoms with E-state index in [1.54, 1.807) is 18.3 Å². The van der Waals surface area contributed by atoms with Gasteiger partial charge >= 0.3 is 0 Å². The molecule has 1 fully saturated rings. The summed E-state index contributed by atoms with van der Waals surface area (Å²) in [7, 11) is 0.326. The lowest BCUT2D eigenvalue weighted by atomic mass is 9.97. The molecular formula is C22H30N4O3S. The van der Waals surface area contributed by atoms with Gasteiger partial charge in [-0.2, -0.15) is 4.31 Å². The highest BCUT2D eigenvalue weighted by Gasteiger charge is 2.32. The molecule has 1 aliphatic heterocycles. The minimum atomic E-state index is -3.53. The number of nitrogens with one attached hydrogen (secondary N) is 1. The van der Waals surface area contributed by atoms with Gasteiger partial charge in [0.2, 0.25) is 15.9 Å². The third-order valence-corrected chi connectivity index (χ3v) is 7.57. The number of anilines is 1. The van der Waals surface area contributed by atoms with E-state index < -0.39 is 10.0 Å². The van der Waals surface area contributed by atoms with Crippen LogP contribution in [-0.2, 0) is 21.4 Å². The highest BCUT2D eigenvalue weighted by Crippen LogP contribution is 2.25. The largest absolute Gasteiger partial charge is 0.363 e. The molecule has 0 radical (unpaired) electrons. The Labute approximate surface area is 179 Å². The molecule has 30 heavy (non-hydrogen) atoms. The van der Waals surface area contributed by atoms with Crippen LogP contribution < -0.4 is 10.2 Å². The summed E-state index contributed by atoms with van der Waals surface area (Å²) < 4.78 is 27.3. The summed E-state index contributed by atoms with van der Waals surface area (Å²) >= 11 is 0. The second-order valence-corrected chi connectivity index (χ2v) is 10.00. The Kier molecular flexibility index (Phi) is 6.77. The monoisotopic (exact) mass is 430 g/mol. The van der Waals surface area contributed by atoms with Crippen molar-refractivity contribution in [2.75, 3.05) is 32.1 Å². The third kappa shape index (κ3) is 4.99. The minimum Gasteiger partial charge on any atom is -0.363 e. The second kappa shape index (κ2) is 9.14. The first-order valence-corrected chi connectivity index (χ1v) is 11.6. The van der Waals surface area contributed by atoms with Gasteiger partial charge in [-0.3, -0.25) is 4.79 Å². The van der Waals surface area contributed by atoms with Crippen LogP contribution in [-0.4, -0.2) is 50.8 Å². The Morgan fingerprint density at radius 2 is 1.83 bits per heavy atom. The molecule has 0 bridgehead atoms. The van der Waals surface area contributed by atoms with Gasteiger partial charge in [0, 0.05) is 45.8 Å². The van der Waals surface area contributed by atoms with Gasteiger partial charge in [-0.15, -0.1) is 0 Å². The summed E-state index contributed by atoms with van der Waals surface area (Å²) in [5.74, 6) is 0.655. The lowest BCUT2D eigenvalue weighted by Crippen LogP contribution is -2.42. The van der Waals surface area contributed by atoms with Crippen molar-refractivity contribution < 1.29 is 13.2 Å². The van der Waals surface area contributed by atoms with E-state index in [0.717, 1.165) is 22.5 Å². The molecule has 0 aliphatic carbocycles. The first-order valence-electron chi connectivity index (χ1n) is 10.2. The predicted octanol–water partition coefficient (Wildman–Crippen LogP) is 2.48. The van der Waals surface area contributed by atoms with Crippen LogP contribution in [0.15, 0.2) is 41.4 Å². The maximum atomic E-state index is 12.9. The molecular weight excluding hydrogens is 400 g/mol. The molecule has 1 aromatic heterocycles. The molecule has 0 spiro atoms. The Bertz CT molecular complexity index is 996. The molecule has 2 heterocycles. The van der Waals surface area contributed by atoms with Crippen molar-refractivity contribution in [1.82, 2.24) is 14.6 Å². The van der Waals surface area contributed by atoms with Crippen LogP contribution in [0.25, 0.3) is 0 Å². The van der Waals surface area contributed by atoms with E-state index in [1.165, 1.54) is 4.31 Å². The number of nitrogens with zero attached hydrogens (tertiary/aromatic N) is 3. The lowest BCUT2D eigenvalue weighted by molar-refractivity contribution is -0.126. The fourth-order valence-electron chi connectivity index (χ4n) is 3.50. The summed E-state index contributed by atoms with van der Waals surface area (Å²) in [5, 5.41) is 2.96. The zero-order chi connectivity index (χ0) is 21.9. The third-order valence-electron chi connectivity index (χ3n) is 5.67. The van der Waals surface area contributed by atoms with E-state index in [1.807, 2.05) is 51.0 Å². The number of hydrogen-bond acceptors (Lipinski definition) is 5. The standard InChI is InChI=1S/C22H30N4O3S/c1-16-5-7-20(13-17(16)2)30(28,29)26-11-9-19(10-12-26)22(27)24-15-18-6-8-21(23-14-18)25(3)4/h5-8,13-14,19H,9-12,15H2,1-4H3,(H,24,27). The fourth-order valence-corrected chi connectivity index (χ4v) is 5.06. The minimum absolute atomic E-state index is 0.0325. The van der Waals surface area contributed by atoms with E-state index in [-0.39, 0.29) is 11.8 Å². The molecule has 1 N–H and O–H groups in total. The number of piperidine rings is 1. The highest BCUT2D eigenvalue weighted by atomic mass is 32.2. The fraction of sp³-hybridized carbons (Fsp3) is 0.455. The van der Waals surface area contributed by atoms with E-state index in [9.17, 15) is 13.2 Å². The second-order valence-electron chi connectivity index (χ2n) is 8.06. The zero-order valence-electron chi connectivity index (χ0n) is 18.1. The van der Waals surface area contributed by atoms with E-state index in [2.05, 4.69) is 10.3 Å². The van der Waals surface area contributed by atoms with Crippen molar-refractivity contribution in [1.29, 1.82) is 0 Å². The van der Waals surface area contributed by atoms with Crippen molar-refractivity contribution in [3.05, 3.63) is 53.2 Å².